The molecule has 0 saturated carbocycles. The van der Waals surface area contributed by atoms with E-state index in [4.69, 9.17) is 16.2 Å². The molecule has 6 heteroatoms. The van der Waals surface area contributed by atoms with E-state index >= 15 is 0 Å². The zero-order chi connectivity index (χ0) is 15.6. The van der Waals surface area contributed by atoms with Crippen LogP contribution in [0.4, 0.5) is 10.7 Å². The van der Waals surface area contributed by atoms with Crippen LogP contribution in [0.2, 0.25) is 0 Å². The zero-order valence-electron chi connectivity index (χ0n) is 13.0. The molecule has 1 aliphatic heterocycles. The lowest BCUT2D eigenvalue weighted by atomic mass is 10.1. The van der Waals surface area contributed by atoms with E-state index in [-0.39, 0.29) is 17.9 Å². The predicted molar refractivity (Wildman–Crippen MR) is 88.5 cm³/mol. The number of nitrogens with zero attached hydrogens (tertiary/aromatic N) is 1. The number of ether oxygens (including phenoxy) is 1. The van der Waals surface area contributed by atoms with Crippen LogP contribution in [0.25, 0.3) is 0 Å². The van der Waals surface area contributed by atoms with Crippen LogP contribution in [0.1, 0.15) is 49.7 Å². The van der Waals surface area contributed by atoms with Crippen LogP contribution in [0, 0.1) is 0 Å². The highest BCUT2D eigenvalue weighted by Crippen LogP contribution is 2.46. The third-order valence-corrected chi connectivity index (χ3v) is 4.93. The molecule has 118 valence electrons. The van der Waals surface area contributed by atoms with E-state index in [1.165, 1.54) is 11.3 Å². The third-order valence-electron chi connectivity index (χ3n) is 3.64. The van der Waals surface area contributed by atoms with Crippen LogP contribution in [-0.4, -0.2) is 31.0 Å². The topological polar surface area (TPSA) is 81.6 Å². The van der Waals surface area contributed by atoms with Crippen LogP contribution in [0.15, 0.2) is 0 Å². The van der Waals surface area contributed by atoms with E-state index < -0.39 is 0 Å². The highest BCUT2D eigenvalue weighted by Gasteiger charge is 2.27. The quantitative estimate of drug-likeness (QED) is 0.817. The van der Waals surface area contributed by atoms with Crippen LogP contribution >= 0.6 is 11.3 Å². The summed E-state index contributed by atoms with van der Waals surface area (Å²) in [6.07, 6.45) is 2.39. The fourth-order valence-electron chi connectivity index (χ4n) is 2.44. The van der Waals surface area contributed by atoms with Gasteiger partial charge in [-0.3, -0.25) is 4.79 Å². The second kappa shape index (κ2) is 6.66. The Balaban J connectivity index is 2.35. The fourth-order valence-corrected chi connectivity index (χ4v) is 3.66. The Morgan fingerprint density at radius 3 is 2.57 bits per heavy atom. The maximum atomic E-state index is 12.1. The molecular formula is C15H25N3O2S. The van der Waals surface area contributed by atoms with Crippen molar-refractivity contribution in [2.45, 2.75) is 52.2 Å². The summed E-state index contributed by atoms with van der Waals surface area (Å²) in [6, 6.07) is 0.268. The summed E-state index contributed by atoms with van der Waals surface area (Å²) in [4.78, 5) is 14.9. The Kier molecular flexibility index (Phi) is 5.11. The average molecular weight is 311 g/mol. The van der Waals surface area contributed by atoms with Gasteiger partial charge < -0.3 is 21.1 Å². The molecule has 1 aromatic rings. The van der Waals surface area contributed by atoms with Gasteiger partial charge in [-0.05, 0) is 26.7 Å². The number of piperidine rings is 1. The third kappa shape index (κ3) is 3.49. The van der Waals surface area contributed by atoms with Crippen molar-refractivity contribution in [3.63, 3.8) is 0 Å². The summed E-state index contributed by atoms with van der Waals surface area (Å²) in [5, 5.41) is 0.977. The average Bonchev–Trinajstić information content (AvgIpc) is 2.76. The first-order chi connectivity index (χ1) is 9.93. The number of anilines is 2. The van der Waals surface area contributed by atoms with Gasteiger partial charge in [-0.1, -0.05) is 6.92 Å². The van der Waals surface area contributed by atoms with E-state index in [9.17, 15) is 4.79 Å². The van der Waals surface area contributed by atoms with Crippen molar-refractivity contribution in [1.29, 1.82) is 0 Å². The van der Waals surface area contributed by atoms with Gasteiger partial charge in [-0.25, -0.2) is 0 Å². The summed E-state index contributed by atoms with van der Waals surface area (Å²) < 4.78 is 5.89. The molecule has 2 heterocycles. The Labute approximate surface area is 130 Å². The highest BCUT2D eigenvalue weighted by atomic mass is 32.1. The standard InChI is InChI=1S/C15H25N3O2S/c1-4-11(19)14-12(17)13(20-9(2)3)15(21-14)18-7-5-10(16)6-8-18/h9-10H,4-8,16-17H2,1-3H3. The second-order valence-corrected chi connectivity index (χ2v) is 6.75. The summed E-state index contributed by atoms with van der Waals surface area (Å²) in [7, 11) is 0. The van der Waals surface area contributed by atoms with Gasteiger partial charge >= 0.3 is 0 Å². The lowest BCUT2D eigenvalue weighted by Gasteiger charge is -2.31. The van der Waals surface area contributed by atoms with Gasteiger partial charge in [-0.15, -0.1) is 11.3 Å². The Bertz CT molecular complexity index is 505. The van der Waals surface area contributed by atoms with Crippen molar-refractivity contribution in [3.05, 3.63) is 4.88 Å². The van der Waals surface area contributed by atoms with E-state index in [2.05, 4.69) is 4.90 Å². The monoisotopic (exact) mass is 311 g/mol. The first kappa shape index (κ1) is 16.1. The Hall–Kier alpha value is -1.27. The lowest BCUT2D eigenvalue weighted by molar-refractivity contribution is 0.0992. The second-order valence-electron chi connectivity index (χ2n) is 5.75. The normalized spacial score (nSPS) is 16.5. The van der Waals surface area contributed by atoms with Crippen molar-refractivity contribution in [2.75, 3.05) is 23.7 Å². The Morgan fingerprint density at radius 2 is 2.05 bits per heavy atom. The molecule has 0 aliphatic carbocycles. The molecule has 1 aliphatic rings. The SMILES string of the molecule is CCC(=O)c1sc(N2CCC(N)CC2)c(OC(C)C)c1N. The minimum absolute atomic E-state index is 0.0253. The van der Waals surface area contributed by atoms with Crippen molar-refractivity contribution >= 4 is 27.8 Å². The Morgan fingerprint density at radius 1 is 1.43 bits per heavy atom. The largest absolute Gasteiger partial charge is 0.486 e. The van der Waals surface area contributed by atoms with Crippen molar-refractivity contribution in [1.82, 2.24) is 0 Å². The van der Waals surface area contributed by atoms with E-state index in [0.717, 1.165) is 30.9 Å². The van der Waals surface area contributed by atoms with Crippen molar-refractivity contribution in [3.8, 4) is 5.75 Å². The maximum Gasteiger partial charge on any atom is 0.177 e. The number of carbonyl (C=O) groups is 1. The first-order valence-corrected chi connectivity index (χ1v) is 8.38. The predicted octanol–water partition coefficient (Wildman–Crippen LogP) is 2.64. The molecule has 0 unspecified atom stereocenters. The minimum Gasteiger partial charge on any atom is -0.486 e. The molecule has 0 atom stereocenters. The van der Waals surface area contributed by atoms with Gasteiger partial charge in [0, 0.05) is 25.6 Å². The number of rotatable bonds is 5. The minimum atomic E-state index is 0.0253. The molecule has 21 heavy (non-hydrogen) atoms. The summed E-state index contributed by atoms with van der Waals surface area (Å²) in [5.74, 6) is 0.744. The molecule has 4 N–H and O–H groups in total. The number of nitrogen functional groups attached to an aromatic ring is 1. The maximum absolute atomic E-state index is 12.1. The molecule has 5 nitrogen and oxygen atoms in total. The molecular weight excluding hydrogens is 286 g/mol. The summed E-state index contributed by atoms with van der Waals surface area (Å²) >= 11 is 1.45. The fraction of sp³-hybridized carbons (Fsp3) is 0.667. The summed E-state index contributed by atoms with van der Waals surface area (Å²) in [6.45, 7) is 7.55. The molecule has 0 aromatic carbocycles. The number of carbonyl (C=O) groups excluding carboxylic acids is 1. The van der Waals surface area contributed by atoms with E-state index in [0.29, 0.717) is 22.7 Å². The smallest absolute Gasteiger partial charge is 0.177 e. The molecule has 0 amide bonds. The van der Waals surface area contributed by atoms with Gasteiger partial charge in [0.2, 0.25) is 0 Å². The van der Waals surface area contributed by atoms with Gasteiger partial charge in [-0.2, -0.15) is 0 Å². The number of hydrogen-bond acceptors (Lipinski definition) is 6. The van der Waals surface area contributed by atoms with E-state index in [1.807, 2.05) is 20.8 Å². The number of thiophene rings is 1. The van der Waals surface area contributed by atoms with Crippen LogP contribution < -0.4 is 21.1 Å². The molecule has 1 fully saturated rings. The number of Topliss-reactive ketones (excluding diaryl/α,β-unsaturated/α-hetero) is 1. The van der Waals surface area contributed by atoms with Crippen LogP contribution in [0.5, 0.6) is 5.75 Å². The number of ketones is 1. The van der Waals surface area contributed by atoms with Gasteiger partial charge in [0.05, 0.1) is 16.7 Å². The number of hydrogen-bond donors (Lipinski definition) is 2. The van der Waals surface area contributed by atoms with Gasteiger partial charge in [0.25, 0.3) is 0 Å². The van der Waals surface area contributed by atoms with Crippen LogP contribution in [-0.2, 0) is 0 Å². The summed E-state index contributed by atoms with van der Waals surface area (Å²) in [5.41, 5.74) is 12.6. The number of nitrogens with two attached hydrogens (primary N) is 2. The lowest BCUT2D eigenvalue weighted by Crippen LogP contribution is -2.39. The first-order valence-electron chi connectivity index (χ1n) is 7.56. The van der Waals surface area contributed by atoms with E-state index in [1.54, 1.807) is 0 Å². The molecule has 1 saturated heterocycles. The molecule has 0 spiro atoms. The molecule has 0 bridgehead atoms. The zero-order valence-corrected chi connectivity index (χ0v) is 13.8. The van der Waals surface area contributed by atoms with Gasteiger partial charge in [0.15, 0.2) is 11.5 Å². The molecule has 2 rings (SSSR count). The van der Waals surface area contributed by atoms with Crippen molar-refractivity contribution in [2.24, 2.45) is 5.73 Å². The molecule has 0 radical (unpaired) electrons. The van der Waals surface area contributed by atoms with Crippen LogP contribution in [0.3, 0.4) is 0 Å². The van der Waals surface area contributed by atoms with Gasteiger partial charge in [0.1, 0.15) is 5.00 Å². The molecule has 1 aromatic heterocycles. The highest BCUT2D eigenvalue weighted by molar-refractivity contribution is 7.19. The van der Waals surface area contributed by atoms with Crippen molar-refractivity contribution < 1.29 is 9.53 Å².